The largest absolute Gasteiger partial charge is 0.372 e. The Balaban J connectivity index is 2.06. The first-order valence-electron chi connectivity index (χ1n) is 9.54. The van der Waals surface area contributed by atoms with Gasteiger partial charge in [0.2, 0.25) is 5.91 Å². The molecule has 150 valence electrons. The van der Waals surface area contributed by atoms with Crippen molar-refractivity contribution in [1.29, 1.82) is 0 Å². The third-order valence-corrected chi connectivity index (χ3v) is 4.71. The molecule has 0 saturated carbocycles. The lowest BCUT2D eigenvalue weighted by atomic mass is 10.1. The molecule has 0 fully saturated rings. The van der Waals surface area contributed by atoms with Crippen LogP contribution in [0, 0.1) is 12.7 Å². The maximum Gasteiger partial charge on any atom is 0.251 e. The predicted molar refractivity (Wildman–Crippen MR) is 112 cm³/mol. The number of aryl methyl sites for hydroxylation is 1. The summed E-state index contributed by atoms with van der Waals surface area (Å²) < 4.78 is 13.0. The molecule has 0 heterocycles. The Hall–Kier alpha value is -2.89. The number of hydrogen-bond acceptors (Lipinski definition) is 3. The van der Waals surface area contributed by atoms with Gasteiger partial charge in [-0.25, -0.2) is 4.39 Å². The molecule has 0 aliphatic carbocycles. The van der Waals surface area contributed by atoms with Crippen molar-refractivity contribution in [3.8, 4) is 0 Å². The van der Waals surface area contributed by atoms with Gasteiger partial charge in [0.15, 0.2) is 0 Å². The number of amides is 2. The SMILES string of the molecule is CCN(CC)c1ccc(N(CCNC(=O)c2ccc(F)cc2)C(C)=O)c(C)c1. The van der Waals surface area contributed by atoms with Crippen molar-refractivity contribution in [1.82, 2.24) is 5.32 Å². The second-order valence-corrected chi connectivity index (χ2v) is 6.58. The second kappa shape index (κ2) is 9.88. The summed E-state index contributed by atoms with van der Waals surface area (Å²) in [7, 11) is 0. The van der Waals surface area contributed by atoms with E-state index in [4.69, 9.17) is 0 Å². The van der Waals surface area contributed by atoms with Crippen molar-refractivity contribution in [2.45, 2.75) is 27.7 Å². The maximum absolute atomic E-state index is 13.0. The molecule has 2 aromatic carbocycles. The summed E-state index contributed by atoms with van der Waals surface area (Å²) >= 11 is 0. The first-order valence-corrected chi connectivity index (χ1v) is 9.54. The van der Waals surface area contributed by atoms with Gasteiger partial charge in [0.1, 0.15) is 5.82 Å². The van der Waals surface area contributed by atoms with Gasteiger partial charge in [-0.1, -0.05) is 0 Å². The molecule has 0 bridgehead atoms. The number of benzene rings is 2. The minimum absolute atomic E-state index is 0.0882. The topological polar surface area (TPSA) is 52.6 Å². The zero-order chi connectivity index (χ0) is 20.7. The van der Waals surface area contributed by atoms with Crippen LogP contribution in [0.1, 0.15) is 36.7 Å². The summed E-state index contributed by atoms with van der Waals surface area (Å²) in [6.45, 7) is 10.2. The fraction of sp³-hybridized carbons (Fsp3) is 0.364. The summed E-state index contributed by atoms with van der Waals surface area (Å²) in [5.74, 6) is -0.769. The van der Waals surface area contributed by atoms with E-state index in [1.807, 2.05) is 19.1 Å². The minimum atomic E-state index is -0.386. The first kappa shape index (κ1) is 21.4. The molecule has 2 rings (SSSR count). The summed E-state index contributed by atoms with van der Waals surface area (Å²) in [4.78, 5) is 28.2. The van der Waals surface area contributed by atoms with Crippen molar-refractivity contribution in [3.63, 3.8) is 0 Å². The molecule has 2 aromatic rings. The van der Waals surface area contributed by atoms with Gasteiger partial charge in [-0.15, -0.1) is 0 Å². The van der Waals surface area contributed by atoms with Gasteiger partial charge in [-0.3, -0.25) is 9.59 Å². The van der Waals surface area contributed by atoms with Crippen LogP contribution in [0.15, 0.2) is 42.5 Å². The zero-order valence-corrected chi connectivity index (χ0v) is 17.0. The van der Waals surface area contributed by atoms with Gasteiger partial charge < -0.3 is 15.1 Å². The highest BCUT2D eigenvalue weighted by Gasteiger charge is 2.15. The lowest BCUT2D eigenvalue weighted by molar-refractivity contribution is -0.116. The summed E-state index contributed by atoms with van der Waals surface area (Å²) in [5.41, 5.74) is 3.35. The van der Waals surface area contributed by atoms with Gasteiger partial charge >= 0.3 is 0 Å². The number of nitrogens with zero attached hydrogens (tertiary/aromatic N) is 2. The van der Waals surface area contributed by atoms with Crippen LogP contribution in [0.4, 0.5) is 15.8 Å². The van der Waals surface area contributed by atoms with Gasteiger partial charge in [0.05, 0.1) is 0 Å². The number of nitrogens with one attached hydrogen (secondary N) is 1. The normalized spacial score (nSPS) is 10.5. The molecule has 0 radical (unpaired) electrons. The fourth-order valence-electron chi connectivity index (χ4n) is 3.16. The monoisotopic (exact) mass is 385 g/mol. The summed E-state index contributed by atoms with van der Waals surface area (Å²) in [5, 5.41) is 2.78. The molecule has 6 heteroatoms. The van der Waals surface area contributed by atoms with Crippen molar-refractivity contribution in [2.75, 3.05) is 36.0 Å². The lowest BCUT2D eigenvalue weighted by Crippen LogP contribution is -2.38. The van der Waals surface area contributed by atoms with Crippen LogP contribution in [0.2, 0.25) is 0 Å². The van der Waals surface area contributed by atoms with E-state index in [1.54, 1.807) is 4.90 Å². The van der Waals surface area contributed by atoms with Crippen LogP contribution in [0.3, 0.4) is 0 Å². The van der Waals surface area contributed by atoms with E-state index >= 15 is 0 Å². The Kier molecular flexibility index (Phi) is 7.55. The van der Waals surface area contributed by atoms with Crippen LogP contribution in [-0.4, -0.2) is 38.0 Å². The molecule has 0 unspecified atom stereocenters. The van der Waals surface area contributed by atoms with Crippen LogP contribution in [0.25, 0.3) is 0 Å². The first-order chi connectivity index (χ1) is 13.4. The molecule has 0 aromatic heterocycles. The number of carbonyl (C=O) groups is 2. The Bertz CT molecular complexity index is 817. The van der Waals surface area contributed by atoms with Gasteiger partial charge in [-0.05, 0) is 68.8 Å². The highest BCUT2D eigenvalue weighted by molar-refractivity contribution is 5.95. The Labute approximate surface area is 166 Å². The molecule has 2 amide bonds. The summed E-state index contributed by atoms with van der Waals surface area (Å²) in [6.07, 6.45) is 0. The molecular weight excluding hydrogens is 357 g/mol. The lowest BCUT2D eigenvalue weighted by Gasteiger charge is -2.26. The van der Waals surface area contributed by atoms with Gasteiger partial charge in [-0.2, -0.15) is 0 Å². The Morgan fingerprint density at radius 2 is 1.68 bits per heavy atom. The van der Waals surface area contributed by atoms with Crippen LogP contribution >= 0.6 is 0 Å². The molecule has 28 heavy (non-hydrogen) atoms. The smallest absolute Gasteiger partial charge is 0.251 e. The van der Waals surface area contributed by atoms with Crippen LogP contribution < -0.4 is 15.1 Å². The molecule has 0 saturated heterocycles. The van der Waals surface area contributed by atoms with E-state index in [1.165, 1.54) is 31.2 Å². The van der Waals surface area contributed by atoms with E-state index in [-0.39, 0.29) is 17.6 Å². The molecular formula is C22H28FN3O2. The standard InChI is InChI=1S/C22H28FN3O2/c1-5-25(6-2)20-11-12-21(16(3)15-20)26(17(4)27)14-13-24-22(28)18-7-9-19(23)10-8-18/h7-12,15H,5-6,13-14H2,1-4H3,(H,24,28). The predicted octanol–water partition coefficient (Wildman–Crippen LogP) is 3.76. The van der Waals surface area contributed by atoms with Crippen LogP contribution in [0.5, 0.6) is 0 Å². The van der Waals surface area contributed by atoms with Gasteiger partial charge in [0.25, 0.3) is 5.91 Å². The molecule has 0 atom stereocenters. The van der Waals surface area contributed by atoms with Crippen LogP contribution in [-0.2, 0) is 4.79 Å². The Morgan fingerprint density at radius 1 is 1.04 bits per heavy atom. The fourth-order valence-corrected chi connectivity index (χ4v) is 3.16. The van der Waals surface area contributed by atoms with Crippen molar-refractivity contribution >= 4 is 23.2 Å². The average Bonchev–Trinajstić information content (AvgIpc) is 2.67. The van der Waals surface area contributed by atoms with E-state index < -0.39 is 0 Å². The maximum atomic E-state index is 13.0. The second-order valence-electron chi connectivity index (χ2n) is 6.58. The third-order valence-electron chi connectivity index (χ3n) is 4.71. The third kappa shape index (κ3) is 5.31. The van der Waals surface area contributed by atoms with E-state index in [0.717, 1.165) is 30.0 Å². The molecule has 0 aliphatic rings. The minimum Gasteiger partial charge on any atom is -0.372 e. The zero-order valence-electron chi connectivity index (χ0n) is 17.0. The van der Waals surface area contributed by atoms with E-state index in [9.17, 15) is 14.0 Å². The molecule has 0 aliphatic heterocycles. The van der Waals surface area contributed by atoms with E-state index in [2.05, 4.69) is 30.1 Å². The quantitative estimate of drug-likeness (QED) is 0.753. The highest BCUT2D eigenvalue weighted by atomic mass is 19.1. The molecule has 1 N–H and O–H groups in total. The number of halogens is 1. The number of anilines is 2. The molecule has 5 nitrogen and oxygen atoms in total. The van der Waals surface area contributed by atoms with Crippen molar-refractivity contribution in [2.24, 2.45) is 0 Å². The Morgan fingerprint density at radius 3 is 2.21 bits per heavy atom. The van der Waals surface area contributed by atoms with E-state index in [0.29, 0.717) is 18.7 Å². The highest BCUT2D eigenvalue weighted by Crippen LogP contribution is 2.25. The van der Waals surface area contributed by atoms with Crippen molar-refractivity contribution in [3.05, 3.63) is 59.4 Å². The number of rotatable bonds is 8. The van der Waals surface area contributed by atoms with Crippen molar-refractivity contribution < 1.29 is 14.0 Å². The molecule has 0 spiro atoms. The van der Waals surface area contributed by atoms with Gasteiger partial charge in [0, 0.05) is 50.0 Å². The average molecular weight is 385 g/mol. The summed E-state index contributed by atoms with van der Waals surface area (Å²) in [6, 6.07) is 11.4. The number of carbonyl (C=O) groups excluding carboxylic acids is 2. The number of hydrogen-bond donors (Lipinski definition) is 1.